The topological polar surface area (TPSA) is 90.6 Å². The van der Waals surface area contributed by atoms with Crippen molar-refractivity contribution in [2.45, 2.75) is 50.7 Å². The smallest absolute Gasteiger partial charge is 0.406 e. The maximum atomic E-state index is 14.1. The van der Waals surface area contributed by atoms with Gasteiger partial charge in [-0.3, -0.25) is 9.78 Å². The molecule has 2 fully saturated rings. The zero-order valence-corrected chi connectivity index (χ0v) is 17.6. The lowest BCUT2D eigenvalue weighted by atomic mass is 10.0. The number of ether oxygens (including phenoxy) is 1. The molecular formula is C21H23F4N5O3. The van der Waals surface area contributed by atoms with Crippen LogP contribution < -0.4 is 20.5 Å². The van der Waals surface area contributed by atoms with Crippen LogP contribution in [0.1, 0.15) is 31.2 Å². The number of hydrogen-bond donors (Lipinski definition) is 2. The van der Waals surface area contributed by atoms with Gasteiger partial charge in [0.05, 0.1) is 0 Å². The summed E-state index contributed by atoms with van der Waals surface area (Å²) in [6.45, 7) is 0.736. The first-order valence-electron chi connectivity index (χ1n) is 10.6. The number of piperidine rings is 1. The molecule has 1 aromatic carbocycles. The van der Waals surface area contributed by atoms with Crippen molar-refractivity contribution in [2.75, 3.05) is 18.0 Å². The third kappa shape index (κ3) is 5.93. The summed E-state index contributed by atoms with van der Waals surface area (Å²) >= 11 is 0. The number of halogens is 4. The van der Waals surface area contributed by atoms with Crippen molar-refractivity contribution in [1.82, 2.24) is 20.2 Å². The van der Waals surface area contributed by atoms with E-state index in [-0.39, 0.29) is 29.8 Å². The second-order valence-corrected chi connectivity index (χ2v) is 8.10. The second kappa shape index (κ2) is 9.28. The number of carbonyl (C=O) groups is 1. The van der Waals surface area contributed by atoms with Crippen LogP contribution in [0, 0.1) is 5.82 Å². The lowest BCUT2D eigenvalue weighted by Crippen LogP contribution is -2.53. The Balaban J connectivity index is 1.37. The van der Waals surface area contributed by atoms with Gasteiger partial charge in [-0.2, -0.15) is 0 Å². The lowest BCUT2D eigenvalue weighted by Gasteiger charge is -2.39. The van der Waals surface area contributed by atoms with Crippen LogP contribution in [0.15, 0.2) is 35.3 Å². The number of aromatic amines is 1. The number of urea groups is 1. The number of carbonyl (C=O) groups excluding carboxylic acids is 1. The van der Waals surface area contributed by atoms with Crippen molar-refractivity contribution >= 4 is 12.0 Å². The number of anilines is 1. The molecule has 1 aliphatic heterocycles. The highest BCUT2D eigenvalue weighted by Crippen LogP contribution is 2.33. The fourth-order valence-electron chi connectivity index (χ4n) is 4.01. The van der Waals surface area contributed by atoms with E-state index in [1.807, 2.05) is 0 Å². The highest BCUT2D eigenvalue weighted by molar-refractivity contribution is 5.74. The Morgan fingerprint density at radius 1 is 1.24 bits per heavy atom. The highest BCUT2D eigenvalue weighted by Gasteiger charge is 2.38. The molecule has 0 radical (unpaired) electrons. The van der Waals surface area contributed by atoms with Crippen molar-refractivity contribution in [3.8, 4) is 5.75 Å². The van der Waals surface area contributed by atoms with E-state index >= 15 is 0 Å². The summed E-state index contributed by atoms with van der Waals surface area (Å²) in [5.74, 6) is -1.09. The molecule has 1 saturated heterocycles. The highest BCUT2D eigenvalue weighted by atomic mass is 19.4. The van der Waals surface area contributed by atoms with E-state index in [1.165, 1.54) is 12.3 Å². The molecule has 2 N–H and O–H groups in total. The van der Waals surface area contributed by atoms with Crippen LogP contribution in [0.4, 0.5) is 28.3 Å². The number of likely N-dealkylation sites (tertiary alicyclic amines) is 1. The van der Waals surface area contributed by atoms with Gasteiger partial charge < -0.3 is 19.9 Å². The number of alkyl halides is 3. The summed E-state index contributed by atoms with van der Waals surface area (Å²) < 4.78 is 54.7. The predicted octanol–water partition coefficient (Wildman–Crippen LogP) is 3.15. The molecule has 2 heterocycles. The maximum absolute atomic E-state index is 14.1. The summed E-state index contributed by atoms with van der Waals surface area (Å²) in [7, 11) is 0. The summed E-state index contributed by atoms with van der Waals surface area (Å²) in [6.07, 6.45) is 0.0771. The average Bonchev–Trinajstić information content (AvgIpc) is 3.57. The molecule has 12 heteroatoms. The van der Waals surface area contributed by atoms with Crippen LogP contribution in [0.5, 0.6) is 5.75 Å². The molecule has 0 bridgehead atoms. The third-order valence-electron chi connectivity index (χ3n) is 5.61. The number of H-pyrrole nitrogens is 1. The zero-order chi connectivity index (χ0) is 23.6. The van der Waals surface area contributed by atoms with E-state index in [0.29, 0.717) is 25.1 Å². The van der Waals surface area contributed by atoms with Gasteiger partial charge in [-0.25, -0.2) is 14.2 Å². The molecule has 2 aliphatic rings. The van der Waals surface area contributed by atoms with E-state index < -0.39 is 24.0 Å². The summed E-state index contributed by atoms with van der Waals surface area (Å²) in [4.78, 5) is 35.2. The molecule has 33 heavy (non-hydrogen) atoms. The fourth-order valence-corrected chi connectivity index (χ4v) is 4.01. The normalized spacial score (nSPS) is 18.7. The van der Waals surface area contributed by atoms with Crippen molar-refractivity contribution in [2.24, 2.45) is 0 Å². The molecule has 8 nitrogen and oxygen atoms in total. The Morgan fingerprint density at radius 2 is 2.03 bits per heavy atom. The number of nitrogens with zero attached hydrogens (tertiary/aromatic N) is 3. The van der Waals surface area contributed by atoms with Crippen LogP contribution in [-0.4, -0.2) is 52.4 Å². The molecule has 178 valence electrons. The van der Waals surface area contributed by atoms with Gasteiger partial charge in [0, 0.05) is 55.6 Å². The number of nitrogens with one attached hydrogen (secondary N) is 2. The first-order chi connectivity index (χ1) is 15.7. The minimum atomic E-state index is -4.91. The second-order valence-electron chi connectivity index (χ2n) is 8.10. The van der Waals surface area contributed by atoms with E-state index in [9.17, 15) is 27.2 Å². The van der Waals surface area contributed by atoms with Gasteiger partial charge >= 0.3 is 12.4 Å². The summed E-state index contributed by atoms with van der Waals surface area (Å²) in [5, 5.41) is 2.62. The maximum Gasteiger partial charge on any atom is 0.573 e. The molecular weight excluding hydrogens is 446 g/mol. The van der Waals surface area contributed by atoms with Crippen molar-refractivity contribution in [1.29, 1.82) is 0 Å². The number of rotatable bonds is 6. The van der Waals surface area contributed by atoms with Crippen LogP contribution in [-0.2, 0) is 6.54 Å². The monoisotopic (exact) mass is 469 g/mol. The van der Waals surface area contributed by atoms with Crippen LogP contribution in [0.3, 0.4) is 0 Å². The molecule has 0 unspecified atom stereocenters. The van der Waals surface area contributed by atoms with Gasteiger partial charge in [-0.15, -0.1) is 13.2 Å². The van der Waals surface area contributed by atoms with Gasteiger partial charge in [0.1, 0.15) is 11.6 Å². The summed E-state index contributed by atoms with van der Waals surface area (Å²) in [5.41, 5.74) is -0.207. The minimum Gasteiger partial charge on any atom is -0.406 e. The number of hydrogen-bond acceptors (Lipinski definition) is 5. The van der Waals surface area contributed by atoms with Crippen molar-refractivity contribution < 1.29 is 27.1 Å². The zero-order valence-electron chi connectivity index (χ0n) is 17.6. The van der Waals surface area contributed by atoms with Gasteiger partial charge in [0.25, 0.3) is 5.56 Å². The molecule has 2 aromatic rings. The molecule has 0 spiro atoms. The Bertz CT molecular complexity index is 1060. The fraction of sp³-hybridized carbons (Fsp3) is 0.476. The Kier molecular flexibility index (Phi) is 6.43. The predicted molar refractivity (Wildman–Crippen MR) is 110 cm³/mol. The average molecular weight is 469 g/mol. The standard InChI is InChI=1S/C21H23F4N5O3/c22-17-10-16(33-21(23,24)25)6-3-13(17)11-27-20(32)29-9-1-2-15(12-29)30(14-4-5-14)19-26-8-7-18(31)28-19/h3,6-8,10,14-15H,1-2,4-5,9,11-12H2,(H,27,32)(H,26,28,31)/t15-/m1/s1. The first-order valence-corrected chi connectivity index (χ1v) is 10.6. The van der Waals surface area contributed by atoms with Gasteiger partial charge in [-0.1, -0.05) is 6.07 Å². The van der Waals surface area contributed by atoms with Crippen molar-refractivity contribution in [3.05, 3.63) is 52.2 Å². The lowest BCUT2D eigenvalue weighted by molar-refractivity contribution is -0.274. The Hall–Kier alpha value is -3.31. The van der Waals surface area contributed by atoms with Gasteiger partial charge in [-0.05, 0) is 31.7 Å². The van der Waals surface area contributed by atoms with Crippen LogP contribution >= 0.6 is 0 Å². The first kappa shape index (κ1) is 22.9. The minimum absolute atomic E-state index is 0.0295. The van der Waals surface area contributed by atoms with Gasteiger partial charge in [0.15, 0.2) is 0 Å². The Labute approximate surface area is 186 Å². The van der Waals surface area contributed by atoms with Gasteiger partial charge in [0.2, 0.25) is 5.95 Å². The third-order valence-corrected chi connectivity index (χ3v) is 5.61. The largest absolute Gasteiger partial charge is 0.573 e. The number of benzene rings is 1. The molecule has 1 atom stereocenters. The van der Waals surface area contributed by atoms with Crippen LogP contribution in [0.25, 0.3) is 0 Å². The van der Waals surface area contributed by atoms with Crippen LogP contribution in [0.2, 0.25) is 0 Å². The molecule has 1 aliphatic carbocycles. The molecule has 1 aromatic heterocycles. The summed E-state index contributed by atoms with van der Waals surface area (Å²) in [6, 6.07) is 3.94. The molecule has 4 rings (SSSR count). The van der Waals surface area contributed by atoms with E-state index in [4.69, 9.17) is 0 Å². The molecule has 1 saturated carbocycles. The number of amides is 2. The van der Waals surface area contributed by atoms with E-state index in [0.717, 1.165) is 37.8 Å². The van der Waals surface area contributed by atoms with Crippen molar-refractivity contribution in [3.63, 3.8) is 0 Å². The van der Waals surface area contributed by atoms with E-state index in [1.54, 1.807) is 4.90 Å². The number of aromatic nitrogens is 2. The molecule has 2 amide bonds. The SMILES string of the molecule is O=C(NCc1ccc(OC(F)(F)F)cc1F)N1CCC[C@@H](N(c2nccc(=O)[nH]2)C2CC2)C1. The quantitative estimate of drug-likeness (QED) is 0.635. The Morgan fingerprint density at radius 3 is 2.70 bits per heavy atom. The van der Waals surface area contributed by atoms with E-state index in [2.05, 4.69) is 24.9 Å².